The fourth-order valence-corrected chi connectivity index (χ4v) is 5.93. The molecule has 4 aromatic rings. The summed E-state index contributed by atoms with van der Waals surface area (Å²) in [5.41, 5.74) is 3.81. The molecule has 7 heteroatoms. The Kier molecular flexibility index (Phi) is 7.34. The molecule has 1 aromatic heterocycles. The van der Waals surface area contributed by atoms with Gasteiger partial charge in [0.15, 0.2) is 5.76 Å². The molecular formula is C33H32N2O4S. The van der Waals surface area contributed by atoms with Crippen molar-refractivity contribution in [1.82, 2.24) is 4.98 Å². The molecule has 1 aliphatic rings. The standard InChI is InChI=1S/C33H32N2O4S/c1-6-39-25-14-10-13-24(19-25)35-27(21-15-17-23(18-16-21)33(3,4)5)26(29(37)32(35)38)28(36)30-20(2)34-31(40-30)22-11-8-7-9-12-22/h7-19,27,37H,6H2,1-5H3. The van der Waals surface area contributed by atoms with Gasteiger partial charge in [-0.25, -0.2) is 4.98 Å². The minimum absolute atomic E-state index is 0.0432. The third-order valence-corrected chi connectivity index (χ3v) is 8.18. The average molecular weight is 553 g/mol. The van der Waals surface area contributed by atoms with E-state index in [1.807, 2.05) is 67.6 Å². The van der Waals surface area contributed by atoms with Gasteiger partial charge in [0.05, 0.1) is 28.8 Å². The maximum Gasteiger partial charge on any atom is 0.294 e. The molecule has 40 heavy (non-hydrogen) atoms. The Bertz CT molecular complexity index is 1600. The van der Waals surface area contributed by atoms with Crippen LogP contribution in [0.1, 0.15) is 60.2 Å². The van der Waals surface area contributed by atoms with E-state index < -0.39 is 23.5 Å². The first-order valence-electron chi connectivity index (χ1n) is 13.3. The molecule has 1 aliphatic heterocycles. The Labute approximate surface area is 238 Å². The number of carbonyl (C=O) groups excluding carboxylic acids is 2. The Morgan fingerprint density at radius 2 is 1.73 bits per heavy atom. The Balaban J connectivity index is 1.63. The third kappa shape index (κ3) is 5.05. The van der Waals surface area contributed by atoms with Crippen LogP contribution in [0.15, 0.2) is 90.2 Å². The second kappa shape index (κ2) is 10.7. The molecule has 1 atom stereocenters. The highest BCUT2D eigenvalue weighted by Gasteiger charge is 2.45. The van der Waals surface area contributed by atoms with Crippen molar-refractivity contribution in [2.45, 2.75) is 46.1 Å². The SMILES string of the molecule is CCOc1cccc(N2C(=O)C(O)=C(C(=O)c3sc(-c4ccccc4)nc3C)C2c2ccc(C(C)(C)C)cc2)c1. The minimum atomic E-state index is -0.826. The van der Waals surface area contributed by atoms with Crippen LogP contribution in [0.3, 0.4) is 0 Å². The fourth-order valence-electron chi connectivity index (χ4n) is 4.91. The highest BCUT2D eigenvalue weighted by molar-refractivity contribution is 7.17. The zero-order chi connectivity index (χ0) is 28.6. The van der Waals surface area contributed by atoms with Crippen LogP contribution in [0.25, 0.3) is 10.6 Å². The Morgan fingerprint density at radius 3 is 2.38 bits per heavy atom. The summed E-state index contributed by atoms with van der Waals surface area (Å²) in [5, 5.41) is 12.0. The highest BCUT2D eigenvalue weighted by Crippen LogP contribution is 2.44. The summed E-state index contributed by atoms with van der Waals surface area (Å²) < 4.78 is 5.68. The number of aromatic nitrogens is 1. The molecule has 0 fully saturated rings. The van der Waals surface area contributed by atoms with Crippen LogP contribution in [0, 0.1) is 6.92 Å². The van der Waals surface area contributed by atoms with Crippen molar-refractivity contribution in [3.8, 4) is 16.3 Å². The normalized spacial score (nSPS) is 15.6. The van der Waals surface area contributed by atoms with Crippen LogP contribution in [0.2, 0.25) is 0 Å². The fraction of sp³-hybridized carbons (Fsp3) is 0.242. The van der Waals surface area contributed by atoms with Crippen molar-refractivity contribution in [1.29, 1.82) is 0 Å². The van der Waals surface area contributed by atoms with E-state index in [0.29, 0.717) is 33.6 Å². The molecule has 204 valence electrons. The number of anilines is 1. The molecule has 0 spiro atoms. The average Bonchev–Trinajstić information content (AvgIpc) is 3.46. The van der Waals surface area contributed by atoms with E-state index in [1.165, 1.54) is 16.2 Å². The van der Waals surface area contributed by atoms with E-state index in [1.54, 1.807) is 25.1 Å². The number of nitrogens with zero attached hydrogens (tertiary/aromatic N) is 2. The third-order valence-electron chi connectivity index (χ3n) is 6.98. The lowest BCUT2D eigenvalue weighted by Gasteiger charge is -2.28. The van der Waals surface area contributed by atoms with Gasteiger partial charge >= 0.3 is 0 Å². The summed E-state index contributed by atoms with van der Waals surface area (Å²) in [6.45, 7) is 10.5. The highest BCUT2D eigenvalue weighted by atomic mass is 32.1. The largest absolute Gasteiger partial charge is 0.503 e. The molecule has 0 radical (unpaired) electrons. The van der Waals surface area contributed by atoms with E-state index in [-0.39, 0.29) is 11.0 Å². The van der Waals surface area contributed by atoms with E-state index in [9.17, 15) is 14.7 Å². The van der Waals surface area contributed by atoms with Gasteiger partial charge in [-0.2, -0.15) is 0 Å². The van der Waals surface area contributed by atoms with Gasteiger partial charge in [0.25, 0.3) is 5.91 Å². The number of ether oxygens (including phenoxy) is 1. The lowest BCUT2D eigenvalue weighted by Crippen LogP contribution is -2.31. The van der Waals surface area contributed by atoms with Gasteiger partial charge in [0.2, 0.25) is 5.78 Å². The molecule has 0 saturated carbocycles. The van der Waals surface area contributed by atoms with Crippen LogP contribution >= 0.6 is 11.3 Å². The van der Waals surface area contributed by atoms with E-state index in [4.69, 9.17) is 4.74 Å². The number of carbonyl (C=O) groups is 2. The predicted molar refractivity (Wildman–Crippen MR) is 159 cm³/mol. The van der Waals surface area contributed by atoms with Crippen LogP contribution in [-0.2, 0) is 10.2 Å². The van der Waals surface area contributed by atoms with Gasteiger partial charge in [-0.15, -0.1) is 11.3 Å². The van der Waals surface area contributed by atoms with Crippen molar-refractivity contribution in [3.63, 3.8) is 0 Å². The second-order valence-electron chi connectivity index (χ2n) is 10.8. The number of thiazole rings is 1. The Hall–Kier alpha value is -4.23. The minimum Gasteiger partial charge on any atom is -0.503 e. The molecule has 6 nitrogen and oxygen atoms in total. The molecule has 3 aromatic carbocycles. The summed E-state index contributed by atoms with van der Waals surface area (Å²) in [4.78, 5) is 34.3. The number of amides is 1. The summed E-state index contributed by atoms with van der Waals surface area (Å²) in [6.07, 6.45) is 0. The molecule has 5 rings (SSSR count). The van der Waals surface area contributed by atoms with Gasteiger partial charge < -0.3 is 9.84 Å². The number of aryl methyl sites for hydroxylation is 1. The van der Waals surface area contributed by atoms with Crippen molar-refractivity contribution >= 4 is 28.7 Å². The van der Waals surface area contributed by atoms with Crippen molar-refractivity contribution in [2.24, 2.45) is 0 Å². The van der Waals surface area contributed by atoms with Crippen molar-refractivity contribution in [3.05, 3.63) is 112 Å². The summed E-state index contributed by atoms with van der Waals surface area (Å²) in [5.74, 6) is -0.991. The van der Waals surface area contributed by atoms with Crippen LogP contribution in [-0.4, -0.2) is 28.4 Å². The Morgan fingerprint density at radius 1 is 1.02 bits per heavy atom. The van der Waals surface area contributed by atoms with Crippen LogP contribution in [0.5, 0.6) is 5.75 Å². The lowest BCUT2D eigenvalue weighted by molar-refractivity contribution is -0.117. The van der Waals surface area contributed by atoms with E-state index in [0.717, 1.165) is 16.7 Å². The summed E-state index contributed by atoms with van der Waals surface area (Å²) in [6, 6.07) is 23.8. The summed E-state index contributed by atoms with van der Waals surface area (Å²) >= 11 is 1.26. The van der Waals surface area contributed by atoms with Gasteiger partial charge in [-0.1, -0.05) is 81.4 Å². The zero-order valence-corrected chi connectivity index (χ0v) is 24.1. The number of ketones is 1. The van der Waals surface area contributed by atoms with Gasteiger partial charge in [-0.3, -0.25) is 14.5 Å². The number of Topliss-reactive ketones (excluding diaryl/α,β-unsaturated/α-hetero) is 1. The quantitative estimate of drug-likeness (QED) is 0.239. The molecule has 0 aliphatic carbocycles. The predicted octanol–water partition coefficient (Wildman–Crippen LogP) is 7.60. The second-order valence-corrected chi connectivity index (χ2v) is 11.8. The van der Waals surface area contributed by atoms with Crippen molar-refractivity contribution in [2.75, 3.05) is 11.5 Å². The number of benzene rings is 3. The zero-order valence-electron chi connectivity index (χ0n) is 23.3. The maximum atomic E-state index is 14.2. The monoisotopic (exact) mass is 552 g/mol. The number of hydrogen-bond donors (Lipinski definition) is 1. The van der Waals surface area contributed by atoms with E-state index >= 15 is 0 Å². The van der Waals surface area contributed by atoms with Crippen LogP contribution < -0.4 is 9.64 Å². The lowest BCUT2D eigenvalue weighted by atomic mass is 9.85. The first-order chi connectivity index (χ1) is 19.1. The van der Waals surface area contributed by atoms with Gasteiger partial charge in [0, 0.05) is 17.3 Å². The van der Waals surface area contributed by atoms with Gasteiger partial charge in [-0.05, 0) is 42.5 Å². The number of aliphatic hydroxyl groups excluding tert-OH is 1. The molecule has 0 bridgehead atoms. The number of hydrogen-bond acceptors (Lipinski definition) is 6. The number of aliphatic hydroxyl groups is 1. The maximum absolute atomic E-state index is 14.2. The molecular weight excluding hydrogens is 520 g/mol. The van der Waals surface area contributed by atoms with Crippen LogP contribution in [0.4, 0.5) is 5.69 Å². The van der Waals surface area contributed by atoms with Crippen molar-refractivity contribution < 1.29 is 19.4 Å². The molecule has 1 N–H and O–H groups in total. The first-order valence-corrected chi connectivity index (χ1v) is 14.1. The molecule has 1 unspecified atom stereocenters. The molecule has 0 saturated heterocycles. The number of rotatable bonds is 7. The van der Waals surface area contributed by atoms with E-state index in [2.05, 4.69) is 25.8 Å². The smallest absolute Gasteiger partial charge is 0.294 e. The molecule has 2 heterocycles. The first kappa shape index (κ1) is 27.3. The van der Waals surface area contributed by atoms with Gasteiger partial charge in [0.1, 0.15) is 10.8 Å². The topological polar surface area (TPSA) is 79.7 Å². The molecule has 1 amide bonds. The summed E-state index contributed by atoms with van der Waals surface area (Å²) in [7, 11) is 0.